The summed E-state index contributed by atoms with van der Waals surface area (Å²) in [5.74, 6) is -0.982. The lowest BCUT2D eigenvalue weighted by atomic mass is 10.1. The lowest BCUT2D eigenvalue weighted by molar-refractivity contribution is -0.138. The first-order chi connectivity index (χ1) is 14.5. The van der Waals surface area contributed by atoms with E-state index in [-0.39, 0.29) is 12.5 Å². The highest BCUT2D eigenvalue weighted by molar-refractivity contribution is 7.20. The number of benzene rings is 2. The maximum absolute atomic E-state index is 12.4. The number of carbonyl (C=O) groups is 2. The van der Waals surface area contributed by atoms with Gasteiger partial charge >= 0.3 is 5.97 Å². The number of amides is 1. The van der Waals surface area contributed by atoms with Gasteiger partial charge in [-0.15, -0.1) is 11.3 Å². The summed E-state index contributed by atoms with van der Waals surface area (Å²) in [7, 11) is 0. The Labute approximate surface area is 180 Å². The highest BCUT2D eigenvalue weighted by atomic mass is 32.1. The maximum Gasteiger partial charge on any atom is 0.317 e. The highest BCUT2D eigenvalue weighted by Crippen LogP contribution is 2.24. The molecule has 7 heteroatoms. The van der Waals surface area contributed by atoms with E-state index in [9.17, 15) is 14.7 Å². The monoisotopic (exact) mass is 425 g/mol. The molecule has 0 unspecified atom stereocenters. The average molecular weight is 426 g/mol. The molecule has 0 bridgehead atoms. The summed E-state index contributed by atoms with van der Waals surface area (Å²) in [6, 6.07) is 18.0. The largest absolute Gasteiger partial charge is 0.480 e. The molecule has 0 aliphatic heterocycles. The number of aliphatic carboxylic acids is 1. The van der Waals surface area contributed by atoms with Gasteiger partial charge in [-0.1, -0.05) is 42.5 Å². The maximum atomic E-state index is 12.4. The molecule has 2 aromatic carbocycles. The van der Waals surface area contributed by atoms with Crippen LogP contribution in [0.3, 0.4) is 0 Å². The van der Waals surface area contributed by atoms with Gasteiger partial charge in [-0.2, -0.15) is 0 Å². The van der Waals surface area contributed by atoms with Crippen molar-refractivity contribution >= 4 is 33.3 Å². The molecule has 1 aromatic heterocycles. The van der Waals surface area contributed by atoms with E-state index in [0.717, 1.165) is 28.5 Å². The van der Waals surface area contributed by atoms with E-state index >= 15 is 0 Å². The number of hydrogen-bond donors (Lipinski definition) is 3. The number of nitrogens with one attached hydrogen (secondary N) is 1. The second-order valence-corrected chi connectivity index (χ2v) is 8.28. The molecule has 0 radical (unpaired) electrons. The molecule has 158 valence electrons. The molecule has 0 fully saturated rings. The van der Waals surface area contributed by atoms with Crippen LogP contribution in [0.2, 0.25) is 0 Å². The molecule has 6 nitrogen and oxygen atoms in total. The van der Waals surface area contributed by atoms with Crippen molar-refractivity contribution in [1.29, 1.82) is 0 Å². The summed E-state index contributed by atoms with van der Waals surface area (Å²) in [5.41, 5.74) is 7.93. The smallest absolute Gasteiger partial charge is 0.317 e. The first kappa shape index (κ1) is 22.0. The Hall–Kier alpha value is -2.74. The van der Waals surface area contributed by atoms with Gasteiger partial charge in [-0.25, -0.2) is 0 Å². The third-order valence-corrected chi connectivity index (χ3v) is 6.04. The number of nitrogens with zero attached hydrogens (tertiary/aromatic N) is 1. The molecule has 4 N–H and O–H groups in total. The van der Waals surface area contributed by atoms with Gasteiger partial charge in [-0.05, 0) is 48.0 Å². The lowest BCUT2D eigenvalue weighted by Gasteiger charge is -2.20. The van der Waals surface area contributed by atoms with Crippen molar-refractivity contribution in [3.05, 3.63) is 70.6 Å². The van der Waals surface area contributed by atoms with Crippen LogP contribution in [0.25, 0.3) is 10.1 Å². The molecular weight excluding hydrogens is 398 g/mol. The Morgan fingerprint density at radius 2 is 1.77 bits per heavy atom. The Bertz CT molecular complexity index is 952. The van der Waals surface area contributed by atoms with Crippen molar-refractivity contribution in [3.63, 3.8) is 0 Å². The van der Waals surface area contributed by atoms with Gasteiger partial charge in [-0.3, -0.25) is 14.5 Å². The molecule has 0 aliphatic carbocycles. The number of aryl methyl sites for hydroxylation is 1. The summed E-state index contributed by atoms with van der Waals surface area (Å²) in [5, 5.41) is 13.2. The number of thiophene rings is 1. The Morgan fingerprint density at radius 1 is 1.03 bits per heavy atom. The zero-order valence-corrected chi connectivity index (χ0v) is 17.7. The molecule has 1 amide bonds. The van der Waals surface area contributed by atoms with Crippen LogP contribution in [0.5, 0.6) is 0 Å². The van der Waals surface area contributed by atoms with E-state index in [4.69, 9.17) is 5.73 Å². The molecule has 30 heavy (non-hydrogen) atoms. The number of fused-ring (bicyclic) bond motifs is 1. The van der Waals surface area contributed by atoms with E-state index in [1.54, 1.807) is 0 Å². The fraction of sp³-hybridized carbons (Fsp3) is 0.304. The molecule has 3 rings (SSSR count). The summed E-state index contributed by atoms with van der Waals surface area (Å²) >= 11 is 1.46. The van der Waals surface area contributed by atoms with Crippen molar-refractivity contribution in [2.24, 2.45) is 5.73 Å². The van der Waals surface area contributed by atoms with Crippen molar-refractivity contribution in [2.75, 3.05) is 26.2 Å². The van der Waals surface area contributed by atoms with Crippen LogP contribution in [0, 0.1) is 0 Å². The van der Waals surface area contributed by atoms with Crippen LogP contribution < -0.4 is 11.1 Å². The molecule has 0 saturated heterocycles. The number of carboxylic acid groups (broad SMARTS) is 1. The van der Waals surface area contributed by atoms with E-state index in [2.05, 4.69) is 17.4 Å². The van der Waals surface area contributed by atoms with Gasteiger partial charge in [0.05, 0.1) is 11.4 Å². The number of rotatable bonds is 11. The number of carboxylic acids is 1. The Balaban J connectivity index is 1.46. The van der Waals surface area contributed by atoms with Crippen LogP contribution in [0.4, 0.5) is 0 Å². The standard InChI is InChI=1S/C23H27N3O3S/c24-15-18-9-7-17(8-10-18)4-3-12-26(16-22(27)28)13-11-25-23(29)21-14-19-5-1-2-6-20(19)30-21/h1-2,5-10,14H,3-4,11-13,15-16,24H2,(H,25,29)(H,27,28). The Morgan fingerprint density at radius 3 is 2.47 bits per heavy atom. The molecule has 0 saturated carbocycles. The molecule has 0 atom stereocenters. The predicted octanol–water partition coefficient (Wildman–Crippen LogP) is 3.11. The first-order valence-electron chi connectivity index (χ1n) is 10.0. The number of carbonyl (C=O) groups excluding carboxylic acids is 1. The summed E-state index contributed by atoms with van der Waals surface area (Å²) < 4.78 is 1.08. The zero-order chi connectivity index (χ0) is 21.3. The molecular formula is C23H27N3O3S. The van der Waals surface area contributed by atoms with E-state index < -0.39 is 5.97 Å². The minimum absolute atomic E-state index is 0.0368. The highest BCUT2D eigenvalue weighted by Gasteiger charge is 2.12. The average Bonchev–Trinajstić information content (AvgIpc) is 3.18. The van der Waals surface area contributed by atoms with Gasteiger partial charge in [0.15, 0.2) is 0 Å². The van der Waals surface area contributed by atoms with E-state index in [0.29, 0.717) is 31.1 Å². The second-order valence-electron chi connectivity index (χ2n) is 7.20. The van der Waals surface area contributed by atoms with Gasteiger partial charge in [0.2, 0.25) is 0 Å². The third kappa shape index (κ3) is 6.38. The van der Waals surface area contributed by atoms with E-state index in [1.807, 2.05) is 47.4 Å². The second kappa shape index (κ2) is 10.9. The summed E-state index contributed by atoms with van der Waals surface area (Å²) in [6.07, 6.45) is 1.72. The van der Waals surface area contributed by atoms with Crippen LogP contribution in [-0.4, -0.2) is 48.1 Å². The minimum atomic E-state index is -0.863. The van der Waals surface area contributed by atoms with Crippen LogP contribution >= 0.6 is 11.3 Å². The fourth-order valence-electron chi connectivity index (χ4n) is 3.32. The van der Waals surface area contributed by atoms with Gasteiger partial charge in [0.25, 0.3) is 5.91 Å². The molecule has 3 aromatic rings. The Kier molecular flexibility index (Phi) is 7.96. The quantitative estimate of drug-likeness (QED) is 0.439. The summed E-state index contributed by atoms with van der Waals surface area (Å²) in [4.78, 5) is 26.1. The van der Waals surface area contributed by atoms with Crippen LogP contribution in [0.15, 0.2) is 54.6 Å². The third-order valence-electron chi connectivity index (χ3n) is 4.92. The zero-order valence-electron chi connectivity index (χ0n) is 16.8. The number of nitrogens with two attached hydrogens (primary N) is 1. The van der Waals surface area contributed by atoms with E-state index in [1.165, 1.54) is 16.9 Å². The summed E-state index contributed by atoms with van der Waals surface area (Å²) in [6.45, 7) is 2.05. The molecule has 0 aliphatic rings. The van der Waals surface area contributed by atoms with Crippen LogP contribution in [-0.2, 0) is 17.8 Å². The van der Waals surface area contributed by atoms with Gasteiger partial charge < -0.3 is 16.2 Å². The topological polar surface area (TPSA) is 95.7 Å². The minimum Gasteiger partial charge on any atom is -0.480 e. The predicted molar refractivity (Wildman–Crippen MR) is 121 cm³/mol. The van der Waals surface area contributed by atoms with Crippen molar-refractivity contribution in [1.82, 2.24) is 10.2 Å². The molecule has 0 spiro atoms. The lowest BCUT2D eigenvalue weighted by Crippen LogP contribution is -2.38. The van der Waals surface area contributed by atoms with Gasteiger partial charge in [0, 0.05) is 24.3 Å². The SMILES string of the molecule is NCc1ccc(CCCN(CCNC(=O)c2cc3ccccc3s2)CC(=O)O)cc1. The van der Waals surface area contributed by atoms with Gasteiger partial charge in [0.1, 0.15) is 0 Å². The normalized spacial score (nSPS) is 11.1. The molecule has 1 heterocycles. The van der Waals surface area contributed by atoms with Crippen molar-refractivity contribution in [2.45, 2.75) is 19.4 Å². The fourth-order valence-corrected chi connectivity index (χ4v) is 4.30. The number of hydrogen-bond acceptors (Lipinski definition) is 5. The van der Waals surface area contributed by atoms with Crippen LogP contribution in [0.1, 0.15) is 27.2 Å². The van der Waals surface area contributed by atoms with Crippen molar-refractivity contribution in [3.8, 4) is 0 Å². The van der Waals surface area contributed by atoms with Crippen molar-refractivity contribution < 1.29 is 14.7 Å². The first-order valence-corrected chi connectivity index (χ1v) is 10.9.